The summed E-state index contributed by atoms with van der Waals surface area (Å²) >= 11 is 0. The summed E-state index contributed by atoms with van der Waals surface area (Å²) < 4.78 is 0. The molecule has 0 fully saturated rings. The van der Waals surface area contributed by atoms with E-state index in [0.29, 0.717) is 11.5 Å². The topological polar surface area (TPSA) is 37.3 Å². The zero-order valence-corrected chi connectivity index (χ0v) is 10.3. The maximum Gasteiger partial charge on any atom is 0.331 e. The molecule has 1 N–H and O–H groups in total. The number of rotatable bonds is 8. The third kappa shape index (κ3) is 4.50. The molecular weight excluding hydrogens is 188 g/mol. The first-order chi connectivity index (χ1) is 7.08. The SMILES string of the molecule is C=C(C(=O)O)C(CC)C(CC)CCCC. The molecule has 0 aromatic rings. The molecule has 2 unspecified atom stereocenters. The minimum absolute atomic E-state index is 0.152. The highest BCUT2D eigenvalue weighted by Crippen LogP contribution is 2.30. The van der Waals surface area contributed by atoms with E-state index >= 15 is 0 Å². The van der Waals surface area contributed by atoms with Crippen LogP contribution in [0.2, 0.25) is 0 Å². The minimum Gasteiger partial charge on any atom is -0.478 e. The fraction of sp³-hybridized carbons (Fsp3) is 0.769. The number of carbonyl (C=O) groups is 1. The van der Waals surface area contributed by atoms with Gasteiger partial charge < -0.3 is 5.11 Å². The number of unbranched alkanes of at least 4 members (excludes halogenated alkanes) is 1. The molecule has 0 saturated heterocycles. The second-order valence-corrected chi connectivity index (χ2v) is 4.16. The van der Waals surface area contributed by atoms with Crippen LogP contribution >= 0.6 is 0 Å². The van der Waals surface area contributed by atoms with Gasteiger partial charge in [-0.1, -0.05) is 46.6 Å². The maximum absolute atomic E-state index is 10.9. The molecule has 2 heteroatoms. The standard InChI is InChI=1S/C13H24O2/c1-5-8-9-11(6-2)12(7-3)10(4)13(14)15/h11-12H,4-9H2,1-3H3,(H,14,15). The molecule has 0 heterocycles. The first kappa shape index (κ1) is 14.2. The molecule has 0 aromatic carbocycles. The van der Waals surface area contributed by atoms with Gasteiger partial charge in [0.15, 0.2) is 0 Å². The highest BCUT2D eigenvalue weighted by Gasteiger charge is 2.24. The molecule has 0 aliphatic carbocycles. The van der Waals surface area contributed by atoms with Crippen molar-refractivity contribution in [2.45, 2.75) is 52.9 Å². The minimum atomic E-state index is -0.836. The second kappa shape index (κ2) is 7.49. The quantitative estimate of drug-likeness (QED) is 0.620. The molecule has 0 rings (SSSR count). The lowest BCUT2D eigenvalue weighted by Crippen LogP contribution is -2.20. The van der Waals surface area contributed by atoms with Crippen LogP contribution in [-0.2, 0) is 4.79 Å². The summed E-state index contributed by atoms with van der Waals surface area (Å²) in [5, 5.41) is 8.95. The van der Waals surface area contributed by atoms with Gasteiger partial charge in [0, 0.05) is 5.57 Å². The van der Waals surface area contributed by atoms with E-state index in [1.165, 1.54) is 12.8 Å². The van der Waals surface area contributed by atoms with Crippen LogP contribution < -0.4 is 0 Å². The van der Waals surface area contributed by atoms with Crippen molar-refractivity contribution in [3.63, 3.8) is 0 Å². The third-order valence-corrected chi connectivity index (χ3v) is 3.18. The molecule has 0 radical (unpaired) electrons. The van der Waals surface area contributed by atoms with Crippen molar-refractivity contribution in [2.24, 2.45) is 11.8 Å². The number of hydrogen-bond donors (Lipinski definition) is 1. The van der Waals surface area contributed by atoms with Crippen LogP contribution in [-0.4, -0.2) is 11.1 Å². The van der Waals surface area contributed by atoms with Crippen LogP contribution in [0.15, 0.2) is 12.2 Å². The van der Waals surface area contributed by atoms with Crippen LogP contribution in [0.4, 0.5) is 0 Å². The van der Waals surface area contributed by atoms with E-state index in [0.717, 1.165) is 19.3 Å². The van der Waals surface area contributed by atoms with Crippen molar-refractivity contribution in [1.82, 2.24) is 0 Å². The van der Waals surface area contributed by atoms with Crippen molar-refractivity contribution in [2.75, 3.05) is 0 Å². The summed E-state index contributed by atoms with van der Waals surface area (Å²) in [6, 6.07) is 0. The Labute approximate surface area is 93.4 Å². The zero-order valence-electron chi connectivity index (χ0n) is 10.3. The molecule has 0 saturated carbocycles. The van der Waals surface area contributed by atoms with Crippen LogP contribution in [0.3, 0.4) is 0 Å². The Morgan fingerprint density at radius 3 is 2.20 bits per heavy atom. The van der Waals surface area contributed by atoms with Gasteiger partial charge in [-0.2, -0.15) is 0 Å². The largest absolute Gasteiger partial charge is 0.478 e. The van der Waals surface area contributed by atoms with Crippen LogP contribution in [0.1, 0.15) is 52.9 Å². The number of carboxylic acids is 1. The average Bonchev–Trinajstić information content (AvgIpc) is 2.23. The summed E-state index contributed by atoms with van der Waals surface area (Å²) in [5.41, 5.74) is 0.389. The van der Waals surface area contributed by atoms with Crippen molar-refractivity contribution in [3.8, 4) is 0 Å². The van der Waals surface area contributed by atoms with E-state index in [1.54, 1.807) is 0 Å². The Morgan fingerprint density at radius 2 is 1.87 bits per heavy atom. The van der Waals surface area contributed by atoms with Crippen LogP contribution in [0.5, 0.6) is 0 Å². The average molecular weight is 212 g/mol. The molecular formula is C13H24O2. The fourth-order valence-corrected chi connectivity index (χ4v) is 2.18. The molecule has 0 spiro atoms. The highest BCUT2D eigenvalue weighted by atomic mass is 16.4. The lowest BCUT2D eigenvalue weighted by Gasteiger charge is -2.25. The Morgan fingerprint density at radius 1 is 1.27 bits per heavy atom. The summed E-state index contributed by atoms with van der Waals surface area (Å²) in [6.45, 7) is 10.1. The summed E-state index contributed by atoms with van der Waals surface area (Å²) in [4.78, 5) is 10.9. The van der Waals surface area contributed by atoms with Gasteiger partial charge in [0.1, 0.15) is 0 Å². The first-order valence-electron chi connectivity index (χ1n) is 6.00. The highest BCUT2D eigenvalue weighted by molar-refractivity contribution is 5.86. The molecule has 0 amide bonds. The molecule has 15 heavy (non-hydrogen) atoms. The summed E-state index contributed by atoms with van der Waals surface area (Å²) in [6.07, 6.45) is 5.41. The maximum atomic E-state index is 10.9. The molecule has 2 atom stereocenters. The molecule has 88 valence electrons. The Bertz CT molecular complexity index is 209. The van der Waals surface area contributed by atoms with E-state index in [9.17, 15) is 4.79 Å². The van der Waals surface area contributed by atoms with Gasteiger partial charge in [0.25, 0.3) is 0 Å². The van der Waals surface area contributed by atoms with Gasteiger partial charge in [-0.05, 0) is 24.7 Å². The summed E-state index contributed by atoms with van der Waals surface area (Å²) in [7, 11) is 0. The van der Waals surface area contributed by atoms with Crippen molar-refractivity contribution in [3.05, 3.63) is 12.2 Å². The third-order valence-electron chi connectivity index (χ3n) is 3.18. The number of carboxylic acid groups (broad SMARTS) is 1. The predicted octanol–water partition coefficient (Wildman–Crippen LogP) is 3.87. The monoisotopic (exact) mass is 212 g/mol. The van der Waals surface area contributed by atoms with E-state index in [1.807, 2.05) is 6.92 Å². The Hall–Kier alpha value is -0.790. The predicted molar refractivity (Wildman–Crippen MR) is 63.9 cm³/mol. The van der Waals surface area contributed by atoms with Gasteiger partial charge >= 0.3 is 5.97 Å². The molecule has 0 aromatic heterocycles. The van der Waals surface area contributed by atoms with Gasteiger partial charge in [-0.25, -0.2) is 4.79 Å². The molecule has 0 bridgehead atoms. The lowest BCUT2D eigenvalue weighted by molar-refractivity contribution is -0.133. The van der Waals surface area contributed by atoms with E-state index in [-0.39, 0.29) is 5.92 Å². The number of aliphatic carboxylic acids is 1. The van der Waals surface area contributed by atoms with Crippen molar-refractivity contribution >= 4 is 5.97 Å². The fourth-order valence-electron chi connectivity index (χ4n) is 2.18. The van der Waals surface area contributed by atoms with Crippen molar-refractivity contribution in [1.29, 1.82) is 0 Å². The Kier molecular flexibility index (Phi) is 7.10. The smallest absolute Gasteiger partial charge is 0.331 e. The van der Waals surface area contributed by atoms with E-state index in [4.69, 9.17) is 5.11 Å². The lowest BCUT2D eigenvalue weighted by atomic mass is 9.80. The first-order valence-corrected chi connectivity index (χ1v) is 6.00. The Balaban J connectivity index is 4.45. The molecule has 0 aliphatic heterocycles. The normalized spacial score (nSPS) is 14.6. The van der Waals surface area contributed by atoms with E-state index < -0.39 is 5.97 Å². The number of hydrogen-bond acceptors (Lipinski definition) is 1. The summed E-state index contributed by atoms with van der Waals surface area (Å²) in [5.74, 6) is -0.200. The second-order valence-electron chi connectivity index (χ2n) is 4.16. The van der Waals surface area contributed by atoms with Crippen molar-refractivity contribution < 1.29 is 9.90 Å². The van der Waals surface area contributed by atoms with Gasteiger partial charge in [0.05, 0.1) is 0 Å². The zero-order chi connectivity index (χ0) is 11.8. The van der Waals surface area contributed by atoms with Gasteiger partial charge in [-0.3, -0.25) is 0 Å². The van der Waals surface area contributed by atoms with Crippen LogP contribution in [0.25, 0.3) is 0 Å². The van der Waals surface area contributed by atoms with Gasteiger partial charge in [0.2, 0.25) is 0 Å². The van der Waals surface area contributed by atoms with Crippen LogP contribution in [0, 0.1) is 11.8 Å². The van der Waals surface area contributed by atoms with Gasteiger partial charge in [-0.15, -0.1) is 0 Å². The van der Waals surface area contributed by atoms with E-state index in [2.05, 4.69) is 20.4 Å². The molecule has 0 aliphatic rings. The molecule has 2 nitrogen and oxygen atoms in total.